The third-order valence-corrected chi connectivity index (χ3v) is 10.9. The van der Waals surface area contributed by atoms with E-state index >= 15 is 0 Å². The van der Waals surface area contributed by atoms with Crippen LogP contribution in [0.1, 0.15) is 60.4 Å². The molecule has 25 nitrogen and oxygen atoms in total. The molecule has 0 saturated carbocycles. The molecule has 0 spiro atoms. The molecule has 2 aromatic heterocycles. The van der Waals surface area contributed by atoms with Crippen LogP contribution in [0.15, 0.2) is 24.8 Å². The fourth-order valence-corrected chi connectivity index (χ4v) is 7.58. The Morgan fingerprint density at radius 2 is 0.956 bits per heavy atom. The Morgan fingerprint density at radius 1 is 0.603 bits per heavy atom. The number of rotatable bonds is 30. The molecule has 0 fully saturated rings. The van der Waals surface area contributed by atoms with Crippen LogP contribution in [0.5, 0.6) is 11.8 Å². The summed E-state index contributed by atoms with van der Waals surface area (Å²) in [6.45, 7) is -1.93. The molecule has 0 aliphatic heterocycles. The van der Waals surface area contributed by atoms with Crippen LogP contribution in [0.2, 0.25) is 0 Å². The zero-order chi connectivity index (χ0) is 51.4. The van der Waals surface area contributed by atoms with Crippen LogP contribution in [0, 0.1) is 0 Å². The normalized spacial score (nSPS) is 14.1. The van der Waals surface area contributed by atoms with Gasteiger partial charge in [0.25, 0.3) is 0 Å². The lowest BCUT2D eigenvalue weighted by atomic mass is 10.1. The van der Waals surface area contributed by atoms with Gasteiger partial charge in [-0.15, -0.1) is 49.9 Å². The van der Waals surface area contributed by atoms with E-state index in [2.05, 4.69) is 40.0 Å². The average molecular weight is 1020 g/mol. The maximum atomic E-state index is 14.0. The second-order valence-corrected chi connectivity index (χ2v) is 16.2. The smallest absolute Gasteiger partial charge is 0.480 e. The number of aromatic nitrogens is 4. The van der Waals surface area contributed by atoms with E-state index < -0.39 is 187 Å². The highest BCUT2D eigenvalue weighted by Gasteiger charge is 2.35. The fourth-order valence-electron chi connectivity index (χ4n) is 5.08. The number of amides is 4. The molecule has 0 saturated heterocycles. The molecule has 4 amide bonds. The highest BCUT2D eigenvalue weighted by molar-refractivity contribution is 7.99. The first kappa shape index (κ1) is 57.5. The van der Waals surface area contributed by atoms with E-state index in [1.54, 1.807) is 0 Å². The quantitative estimate of drug-likeness (QED) is 0.0438. The molecule has 68 heavy (non-hydrogen) atoms. The average Bonchev–Trinajstić information content (AvgIpc) is 3.23. The van der Waals surface area contributed by atoms with Gasteiger partial charge in [-0.05, 0) is 12.8 Å². The molecule has 0 aromatic carbocycles. The van der Waals surface area contributed by atoms with Crippen LogP contribution in [-0.2, 0) is 43.2 Å². The van der Waals surface area contributed by atoms with E-state index in [0.717, 1.165) is 12.4 Å². The Hall–Kier alpha value is -6.61. The van der Waals surface area contributed by atoms with Crippen molar-refractivity contribution in [1.29, 1.82) is 0 Å². The van der Waals surface area contributed by atoms with Crippen LogP contribution in [0.25, 0.3) is 0 Å². The Morgan fingerprint density at radius 3 is 1.26 bits per heavy atom. The molecule has 376 valence electrons. The standard InChI is InChI=1S/C35H42F6N10O15S2/c36-34(37,38)65-26-9-44-7-18(50-26)22(67-13-20(30(59)46-11-28(55)56)48-24(53)3-1-16(42)32(61)62)5-15(52)6-23(19-8-45-10-27(51-19)66-35(39,40)41)68-14-21(31(60)47-12-29(57)58)49-25(54)4-2-17(43)33(63)64/h7-10,16-17,20-23H,1-6,11-14,42-43H2,(H,46,59)(H,47,60)(H,48,53)(H,49,54)(H,55,56)(H,57,58)(H,61,62)(H,63,64). The monoisotopic (exact) mass is 1020 g/mol. The number of hydrogen-bond donors (Lipinski definition) is 10. The number of halogens is 6. The molecule has 0 bridgehead atoms. The van der Waals surface area contributed by atoms with Gasteiger partial charge in [0, 0.05) is 49.6 Å². The van der Waals surface area contributed by atoms with E-state index in [1.165, 1.54) is 0 Å². The minimum atomic E-state index is -5.30. The zero-order valence-corrected chi connectivity index (χ0v) is 36.3. The summed E-state index contributed by atoms with van der Waals surface area (Å²) in [6.07, 6.45) is -11.3. The van der Waals surface area contributed by atoms with Crippen LogP contribution in [0.4, 0.5) is 26.3 Å². The number of Topliss-reactive ketones (excluding diaryl/α,β-unsaturated/α-hetero) is 1. The lowest BCUT2D eigenvalue weighted by Crippen LogP contribution is -2.49. The van der Waals surface area contributed by atoms with Crippen molar-refractivity contribution in [3.05, 3.63) is 36.2 Å². The lowest BCUT2D eigenvalue weighted by Gasteiger charge is -2.23. The van der Waals surface area contributed by atoms with Gasteiger partial charge < -0.3 is 62.6 Å². The molecule has 0 aliphatic rings. The van der Waals surface area contributed by atoms with Crippen molar-refractivity contribution in [3.63, 3.8) is 0 Å². The molecule has 6 atom stereocenters. The van der Waals surface area contributed by atoms with Crippen LogP contribution in [-0.4, -0.2) is 155 Å². The number of nitrogens with one attached hydrogen (secondary N) is 4. The summed E-state index contributed by atoms with van der Waals surface area (Å²) in [5.74, 6) is -14.5. The van der Waals surface area contributed by atoms with Crippen molar-refractivity contribution >= 4 is 76.8 Å². The van der Waals surface area contributed by atoms with Crippen molar-refractivity contribution in [2.45, 2.75) is 85.9 Å². The van der Waals surface area contributed by atoms with Crippen LogP contribution < -0.4 is 42.2 Å². The highest BCUT2D eigenvalue weighted by Crippen LogP contribution is 2.38. The molecule has 0 aliphatic carbocycles. The highest BCUT2D eigenvalue weighted by atomic mass is 32.2. The summed E-state index contributed by atoms with van der Waals surface area (Å²) in [4.78, 5) is 125. The van der Waals surface area contributed by atoms with E-state index in [9.17, 15) is 69.5 Å². The van der Waals surface area contributed by atoms with Crippen molar-refractivity contribution in [1.82, 2.24) is 41.2 Å². The maximum Gasteiger partial charge on any atom is 0.574 e. The predicted octanol–water partition coefficient (Wildman–Crippen LogP) is -0.583. The second kappa shape index (κ2) is 27.3. The van der Waals surface area contributed by atoms with Gasteiger partial charge in [0.2, 0.25) is 35.4 Å². The van der Waals surface area contributed by atoms with Gasteiger partial charge in [-0.3, -0.25) is 53.1 Å². The third-order valence-electron chi connectivity index (χ3n) is 8.25. The number of carbonyl (C=O) groups is 9. The summed E-state index contributed by atoms with van der Waals surface area (Å²) in [5.41, 5.74) is 10.0. The number of aliphatic carboxylic acids is 4. The van der Waals surface area contributed by atoms with Gasteiger partial charge in [-0.25, -0.2) is 9.97 Å². The number of carboxylic acid groups (broad SMARTS) is 4. The molecule has 33 heteroatoms. The molecular weight excluding hydrogens is 979 g/mol. The minimum Gasteiger partial charge on any atom is -0.480 e. The first-order valence-corrected chi connectivity index (χ1v) is 21.2. The summed E-state index contributed by atoms with van der Waals surface area (Å²) in [5, 5.41) is 41.9. The number of carboxylic acids is 4. The number of thioether (sulfide) groups is 2. The number of hydrogen-bond acceptors (Lipinski definition) is 19. The summed E-state index contributed by atoms with van der Waals surface area (Å²) in [6, 6.07) is -6.36. The summed E-state index contributed by atoms with van der Waals surface area (Å²) in [7, 11) is 0. The first-order chi connectivity index (χ1) is 31.6. The fraction of sp³-hybridized carbons (Fsp3) is 0.514. The molecule has 2 heterocycles. The number of carbonyl (C=O) groups excluding carboxylic acids is 5. The van der Waals surface area contributed by atoms with Crippen molar-refractivity contribution in [2.24, 2.45) is 11.5 Å². The molecule has 2 rings (SSSR count). The molecule has 6 unspecified atom stereocenters. The number of alkyl halides is 6. The maximum absolute atomic E-state index is 14.0. The van der Waals surface area contributed by atoms with E-state index in [-0.39, 0.29) is 0 Å². The molecular formula is C35H42F6N10O15S2. The largest absolute Gasteiger partial charge is 0.574 e. The SMILES string of the molecule is NC(CCC(=O)NC(CSC(CC(=O)CC(SCC(NC(=O)CCC(N)C(=O)O)C(=O)NCC(=O)O)c1cncc(OC(F)(F)F)n1)c1cncc(OC(F)(F)F)n1)C(=O)NCC(=O)O)C(=O)O. The summed E-state index contributed by atoms with van der Waals surface area (Å²) < 4.78 is 86.8. The Kier molecular flexibility index (Phi) is 23.1. The molecule has 0 radical (unpaired) electrons. The van der Waals surface area contributed by atoms with Gasteiger partial charge in [0.05, 0.1) is 34.3 Å². The first-order valence-electron chi connectivity index (χ1n) is 19.1. The van der Waals surface area contributed by atoms with Crippen LogP contribution >= 0.6 is 23.5 Å². The summed E-state index contributed by atoms with van der Waals surface area (Å²) >= 11 is 1.15. The molecule has 2 aromatic rings. The predicted molar refractivity (Wildman–Crippen MR) is 217 cm³/mol. The van der Waals surface area contributed by atoms with Gasteiger partial charge in [0.1, 0.15) is 43.0 Å². The van der Waals surface area contributed by atoms with E-state index in [4.69, 9.17) is 31.9 Å². The Bertz CT molecular complexity index is 1990. The number of ketones is 1. The number of ether oxygens (including phenoxy) is 2. The third kappa shape index (κ3) is 23.2. The lowest BCUT2D eigenvalue weighted by molar-refractivity contribution is -0.277. The molecule has 12 N–H and O–H groups in total. The van der Waals surface area contributed by atoms with Crippen molar-refractivity contribution < 1.29 is 99.4 Å². The zero-order valence-electron chi connectivity index (χ0n) is 34.7. The van der Waals surface area contributed by atoms with Crippen molar-refractivity contribution in [3.8, 4) is 11.8 Å². The number of nitrogens with two attached hydrogens (primary N) is 2. The van der Waals surface area contributed by atoms with Gasteiger partial charge in [0.15, 0.2) is 0 Å². The van der Waals surface area contributed by atoms with E-state index in [1.807, 2.05) is 10.6 Å². The van der Waals surface area contributed by atoms with Crippen LogP contribution in [0.3, 0.4) is 0 Å². The van der Waals surface area contributed by atoms with Gasteiger partial charge in [-0.2, -0.15) is 0 Å². The van der Waals surface area contributed by atoms with Gasteiger partial charge in [-0.1, -0.05) is 0 Å². The Labute approximate surface area is 386 Å². The minimum absolute atomic E-state index is 0.418. The van der Waals surface area contributed by atoms with E-state index in [0.29, 0.717) is 35.9 Å². The topological polar surface area (TPSA) is 405 Å². The number of nitrogens with zero attached hydrogens (tertiary/aromatic N) is 4. The van der Waals surface area contributed by atoms with Crippen molar-refractivity contribution in [2.75, 3.05) is 24.6 Å². The second-order valence-electron chi connectivity index (χ2n) is 13.7. The van der Waals surface area contributed by atoms with Gasteiger partial charge >= 0.3 is 36.6 Å². The Balaban J connectivity index is 2.59.